The van der Waals surface area contributed by atoms with E-state index in [-0.39, 0.29) is 23.6 Å². The number of aromatic nitrogens is 1. The first kappa shape index (κ1) is 10.6. The summed E-state index contributed by atoms with van der Waals surface area (Å²) in [6, 6.07) is 3.29. The Morgan fingerprint density at radius 1 is 1.38 bits per heavy atom. The summed E-state index contributed by atoms with van der Waals surface area (Å²) in [6.45, 7) is 1.88. The van der Waals surface area contributed by atoms with Crippen molar-refractivity contribution in [2.45, 2.75) is 19.8 Å². The van der Waals surface area contributed by atoms with Gasteiger partial charge in [-0.15, -0.1) is 0 Å². The monoisotopic (exact) mass is 219 g/mol. The zero-order valence-electron chi connectivity index (χ0n) is 9.01. The SMILES string of the molecule is CC1CC(=O)N(c2ncccc2N)C(=O)C1. The highest BCUT2D eigenvalue weighted by Gasteiger charge is 2.33. The molecule has 1 aromatic heterocycles. The summed E-state index contributed by atoms with van der Waals surface area (Å²) in [4.78, 5) is 28.6. The van der Waals surface area contributed by atoms with Crippen LogP contribution in [0, 0.1) is 5.92 Å². The van der Waals surface area contributed by atoms with Gasteiger partial charge in [0.15, 0.2) is 5.82 Å². The lowest BCUT2D eigenvalue weighted by molar-refractivity contribution is -0.130. The van der Waals surface area contributed by atoms with E-state index in [1.54, 1.807) is 12.1 Å². The number of carbonyl (C=O) groups excluding carboxylic acids is 2. The van der Waals surface area contributed by atoms with Crippen LogP contribution in [-0.2, 0) is 9.59 Å². The minimum atomic E-state index is -0.228. The zero-order chi connectivity index (χ0) is 11.7. The number of rotatable bonds is 1. The normalized spacial score (nSPS) is 17.9. The van der Waals surface area contributed by atoms with Gasteiger partial charge in [0, 0.05) is 19.0 Å². The molecule has 1 saturated heterocycles. The molecule has 0 atom stereocenters. The van der Waals surface area contributed by atoms with Gasteiger partial charge in [0.2, 0.25) is 11.8 Å². The third-order valence-electron chi connectivity index (χ3n) is 2.57. The van der Waals surface area contributed by atoms with Crippen molar-refractivity contribution in [3.63, 3.8) is 0 Å². The molecule has 5 nitrogen and oxygen atoms in total. The average Bonchev–Trinajstić information content (AvgIpc) is 2.19. The van der Waals surface area contributed by atoms with Crippen LogP contribution in [0.15, 0.2) is 18.3 Å². The second-order valence-electron chi connectivity index (χ2n) is 4.05. The molecular weight excluding hydrogens is 206 g/mol. The largest absolute Gasteiger partial charge is 0.396 e. The van der Waals surface area contributed by atoms with Crippen molar-refractivity contribution >= 4 is 23.3 Å². The number of piperidine rings is 1. The molecule has 0 aliphatic carbocycles. The molecule has 16 heavy (non-hydrogen) atoms. The molecule has 0 radical (unpaired) electrons. The van der Waals surface area contributed by atoms with Crippen molar-refractivity contribution in [3.8, 4) is 0 Å². The van der Waals surface area contributed by atoms with E-state index in [0.29, 0.717) is 18.5 Å². The van der Waals surface area contributed by atoms with E-state index in [0.717, 1.165) is 4.90 Å². The Balaban J connectivity index is 2.37. The number of carbonyl (C=O) groups is 2. The Morgan fingerprint density at radius 2 is 2.00 bits per heavy atom. The molecule has 2 N–H and O–H groups in total. The lowest BCUT2D eigenvalue weighted by Crippen LogP contribution is -2.43. The van der Waals surface area contributed by atoms with Crippen LogP contribution in [0.2, 0.25) is 0 Å². The van der Waals surface area contributed by atoms with Gasteiger partial charge < -0.3 is 5.73 Å². The van der Waals surface area contributed by atoms with E-state index >= 15 is 0 Å². The van der Waals surface area contributed by atoms with E-state index in [9.17, 15) is 9.59 Å². The molecule has 2 amide bonds. The molecule has 1 aliphatic heterocycles. The first-order valence-electron chi connectivity index (χ1n) is 5.16. The van der Waals surface area contributed by atoms with Crippen LogP contribution in [0.25, 0.3) is 0 Å². The summed E-state index contributed by atoms with van der Waals surface area (Å²) in [5.41, 5.74) is 6.05. The molecular formula is C11H13N3O2. The molecule has 0 aromatic carbocycles. The van der Waals surface area contributed by atoms with Crippen LogP contribution in [0.4, 0.5) is 11.5 Å². The first-order chi connectivity index (χ1) is 7.59. The Morgan fingerprint density at radius 3 is 2.56 bits per heavy atom. The number of amides is 2. The van der Waals surface area contributed by atoms with Crippen LogP contribution in [0.5, 0.6) is 0 Å². The van der Waals surface area contributed by atoms with Crippen LogP contribution < -0.4 is 10.6 Å². The van der Waals surface area contributed by atoms with Gasteiger partial charge in [0.1, 0.15) is 0 Å². The van der Waals surface area contributed by atoms with E-state index < -0.39 is 0 Å². The Bertz CT molecular complexity index is 427. The maximum absolute atomic E-state index is 11.8. The van der Waals surface area contributed by atoms with Crippen molar-refractivity contribution < 1.29 is 9.59 Å². The number of nitrogen functional groups attached to an aromatic ring is 1. The topological polar surface area (TPSA) is 76.3 Å². The van der Waals surface area contributed by atoms with Gasteiger partial charge in [-0.3, -0.25) is 9.59 Å². The van der Waals surface area contributed by atoms with Crippen LogP contribution in [-0.4, -0.2) is 16.8 Å². The van der Waals surface area contributed by atoms with Gasteiger partial charge in [0.25, 0.3) is 0 Å². The number of nitrogens with zero attached hydrogens (tertiary/aromatic N) is 2. The van der Waals surface area contributed by atoms with E-state index in [1.165, 1.54) is 6.20 Å². The zero-order valence-corrected chi connectivity index (χ0v) is 9.01. The Hall–Kier alpha value is -1.91. The molecule has 5 heteroatoms. The highest BCUT2D eigenvalue weighted by molar-refractivity contribution is 6.17. The Labute approximate surface area is 93.3 Å². The van der Waals surface area contributed by atoms with Crippen molar-refractivity contribution in [1.82, 2.24) is 4.98 Å². The number of anilines is 2. The fourth-order valence-electron chi connectivity index (χ4n) is 1.82. The van der Waals surface area contributed by atoms with Crippen LogP contribution in [0.1, 0.15) is 19.8 Å². The summed E-state index contributed by atoms with van der Waals surface area (Å²) < 4.78 is 0. The van der Waals surface area contributed by atoms with Crippen LogP contribution in [0.3, 0.4) is 0 Å². The van der Waals surface area contributed by atoms with Crippen molar-refractivity contribution in [2.24, 2.45) is 5.92 Å². The number of nitrogens with two attached hydrogens (primary N) is 1. The minimum Gasteiger partial charge on any atom is -0.396 e. The number of hydrogen-bond donors (Lipinski definition) is 1. The van der Waals surface area contributed by atoms with Crippen molar-refractivity contribution in [2.75, 3.05) is 10.6 Å². The van der Waals surface area contributed by atoms with Gasteiger partial charge in [-0.25, -0.2) is 9.88 Å². The first-order valence-corrected chi connectivity index (χ1v) is 5.16. The predicted octanol–water partition coefficient (Wildman–Crippen LogP) is 0.953. The Kier molecular flexibility index (Phi) is 2.60. The molecule has 1 aromatic rings. The maximum Gasteiger partial charge on any atom is 0.235 e. The predicted molar refractivity (Wildman–Crippen MR) is 59.5 cm³/mol. The maximum atomic E-state index is 11.8. The summed E-state index contributed by atoms with van der Waals surface area (Å²) in [5, 5.41) is 0. The lowest BCUT2D eigenvalue weighted by Gasteiger charge is -2.27. The summed E-state index contributed by atoms with van der Waals surface area (Å²) in [7, 11) is 0. The van der Waals surface area contributed by atoms with Gasteiger partial charge in [0.05, 0.1) is 5.69 Å². The molecule has 0 bridgehead atoms. The fourth-order valence-corrected chi connectivity index (χ4v) is 1.82. The number of imide groups is 1. The highest BCUT2D eigenvalue weighted by atomic mass is 16.2. The molecule has 0 unspecified atom stereocenters. The average molecular weight is 219 g/mol. The summed E-state index contributed by atoms with van der Waals surface area (Å²) in [6.07, 6.45) is 2.24. The smallest absolute Gasteiger partial charge is 0.235 e. The van der Waals surface area contributed by atoms with E-state index in [4.69, 9.17) is 5.73 Å². The summed E-state index contributed by atoms with van der Waals surface area (Å²) >= 11 is 0. The standard InChI is InChI=1S/C11H13N3O2/c1-7-5-9(15)14(10(16)6-7)11-8(12)3-2-4-13-11/h2-4,7H,5-6,12H2,1H3. The molecule has 0 saturated carbocycles. The third-order valence-corrected chi connectivity index (χ3v) is 2.57. The van der Waals surface area contributed by atoms with Crippen molar-refractivity contribution in [1.29, 1.82) is 0 Å². The number of hydrogen-bond acceptors (Lipinski definition) is 4. The molecule has 2 rings (SSSR count). The van der Waals surface area contributed by atoms with Crippen LogP contribution >= 0.6 is 0 Å². The third kappa shape index (κ3) is 1.76. The lowest BCUT2D eigenvalue weighted by atomic mass is 9.98. The fraction of sp³-hybridized carbons (Fsp3) is 0.364. The molecule has 1 aliphatic rings. The minimum absolute atomic E-state index is 0.0983. The van der Waals surface area contributed by atoms with Gasteiger partial charge in [-0.1, -0.05) is 6.92 Å². The van der Waals surface area contributed by atoms with E-state index in [1.807, 2.05) is 6.92 Å². The highest BCUT2D eigenvalue weighted by Crippen LogP contribution is 2.27. The molecule has 1 fully saturated rings. The van der Waals surface area contributed by atoms with Gasteiger partial charge >= 0.3 is 0 Å². The summed E-state index contributed by atoms with van der Waals surface area (Å²) in [5.74, 6) is -0.103. The second-order valence-corrected chi connectivity index (χ2v) is 4.05. The number of pyridine rings is 1. The van der Waals surface area contributed by atoms with Gasteiger partial charge in [-0.05, 0) is 18.1 Å². The molecule has 2 heterocycles. The second kappa shape index (κ2) is 3.92. The molecule has 84 valence electrons. The quantitative estimate of drug-likeness (QED) is 0.713. The van der Waals surface area contributed by atoms with Gasteiger partial charge in [-0.2, -0.15) is 0 Å². The van der Waals surface area contributed by atoms with Crippen molar-refractivity contribution in [3.05, 3.63) is 18.3 Å². The van der Waals surface area contributed by atoms with E-state index in [2.05, 4.69) is 4.98 Å². The molecule has 0 spiro atoms.